The summed E-state index contributed by atoms with van der Waals surface area (Å²) in [6.07, 6.45) is 1.51. The Kier molecular flexibility index (Phi) is 7.96. The van der Waals surface area contributed by atoms with Gasteiger partial charge in [0.1, 0.15) is 11.3 Å². The molecule has 0 aliphatic heterocycles. The number of carbonyl (C=O) groups excluding carboxylic acids is 3. The molecule has 3 aromatic carbocycles. The summed E-state index contributed by atoms with van der Waals surface area (Å²) in [7, 11) is 0. The third-order valence-corrected chi connectivity index (χ3v) is 4.49. The predicted octanol–water partition coefficient (Wildman–Crippen LogP) is 2.97. The number of rotatable bonds is 7. The highest BCUT2D eigenvalue weighted by molar-refractivity contribution is 6.39. The summed E-state index contributed by atoms with van der Waals surface area (Å²) in [6, 6.07) is 19.9. The molecule has 2 N–H and O–H groups in total. The molecule has 0 fully saturated rings. The molecule has 0 radical (unpaired) electrons. The lowest BCUT2D eigenvalue weighted by Gasteiger charge is -2.05. The highest BCUT2D eigenvalue weighted by atomic mass is 16.6. The van der Waals surface area contributed by atoms with Crippen LogP contribution in [0.3, 0.4) is 0 Å². The van der Waals surface area contributed by atoms with Gasteiger partial charge in [0.25, 0.3) is 5.69 Å². The molecule has 0 aliphatic carbocycles. The smallest absolute Gasteiger partial charge is 0.350 e. The Hall–Kier alpha value is -5.37. The Balaban J connectivity index is 1.52. The Morgan fingerprint density at radius 3 is 2.34 bits per heavy atom. The first-order valence-electron chi connectivity index (χ1n) is 10.0. The maximum absolute atomic E-state index is 12.3. The van der Waals surface area contributed by atoms with Crippen molar-refractivity contribution in [2.45, 2.75) is 6.42 Å². The van der Waals surface area contributed by atoms with Gasteiger partial charge in [0, 0.05) is 11.8 Å². The number of amides is 2. The highest BCUT2D eigenvalue weighted by Crippen LogP contribution is 2.20. The van der Waals surface area contributed by atoms with Gasteiger partial charge in [-0.2, -0.15) is 10.4 Å². The van der Waals surface area contributed by atoms with Gasteiger partial charge in [0.05, 0.1) is 23.6 Å². The molecule has 174 valence electrons. The molecule has 0 heterocycles. The minimum Gasteiger partial charge on any atom is -0.423 e. The fourth-order valence-electron chi connectivity index (χ4n) is 2.79. The van der Waals surface area contributed by atoms with Crippen LogP contribution in [0, 0.1) is 21.4 Å². The second-order valence-corrected chi connectivity index (χ2v) is 6.92. The number of nitro groups is 1. The van der Waals surface area contributed by atoms with Crippen LogP contribution in [0.1, 0.15) is 21.5 Å². The second-order valence-electron chi connectivity index (χ2n) is 6.92. The summed E-state index contributed by atoms with van der Waals surface area (Å²) in [5.74, 6) is -2.64. The Morgan fingerprint density at radius 2 is 1.69 bits per heavy atom. The Labute approximate surface area is 198 Å². The van der Waals surface area contributed by atoms with E-state index in [0.29, 0.717) is 11.3 Å². The summed E-state index contributed by atoms with van der Waals surface area (Å²) in [4.78, 5) is 46.5. The van der Waals surface area contributed by atoms with Crippen molar-refractivity contribution in [1.29, 1.82) is 5.26 Å². The van der Waals surface area contributed by atoms with Gasteiger partial charge in [-0.15, -0.1) is 0 Å². The fraction of sp³-hybridized carbons (Fsp3) is 0.0417. The van der Waals surface area contributed by atoms with Crippen LogP contribution in [0.5, 0.6) is 5.75 Å². The van der Waals surface area contributed by atoms with Crippen molar-refractivity contribution in [3.05, 3.63) is 99.6 Å². The molecule has 0 bridgehead atoms. The van der Waals surface area contributed by atoms with E-state index in [4.69, 9.17) is 10.00 Å². The maximum Gasteiger partial charge on any atom is 0.350 e. The molecular weight excluding hydrogens is 454 g/mol. The quantitative estimate of drug-likeness (QED) is 0.134. The number of anilines is 1. The minimum atomic E-state index is -0.989. The summed E-state index contributed by atoms with van der Waals surface area (Å²) < 4.78 is 5.17. The van der Waals surface area contributed by atoms with Gasteiger partial charge in [-0.3, -0.25) is 19.7 Å². The molecule has 0 spiro atoms. The zero-order valence-corrected chi connectivity index (χ0v) is 18.0. The van der Waals surface area contributed by atoms with Gasteiger partial charge in [0.15, 0.2) is 0 Å². The highest BCUT2D eigenvalue weighted by Gasteiger charge is 2.21. The van der Waals surface area contributed by atoms with E-state index in [9.17, 15) is 24.5 Å². The SMILES string of the molecule is N#CCc1ccc(NC(=O)C(=O)N/N=C/c2ccc(OC(=O)c3ccccc3[N+](=O)[O-])cc2)cc1. The molecule has 0 aromatic heterocycles. The number of nitrogens with one attached hydrogen (secondary N) is 2. The number of benzene rings is 3. The number of para-hydroxylation sites is 1. The van der Waals surface area contributed by atoms with Crippen molar-refractivity contribution >= 4 is 35.4 Å². The van der Waals surface area contributed by atoms with E-state index in [0.717, 1.165) is 5.56 Å². The maximum atomic E-state index is 12.3. The van der Waals surface area contributed by atoms with Crippen molar-refractivity contribution in [1.82, 2.24) is 5.43 Å². The number of hydrogen-bond acceptors (Lipinski definition) is 8. The normalized spacial score (nSPS) is 10.3. The molecule has 3 rings (SSSR count). The number of nitrogens with zero attached hydrogens (tertiary/aromatic N) is 3. The molecule has 3 aromatic rings. The topological polar surface area (TPSA) is 164 Å². The van der Waals surface area contributed by atoms with Gasteiger partial charge in [0.2, 0.25) is 0 Å². The average molecular weight is 471 g/mol. The molecule has 11 nitrogen and oxygen atoms in total. The van der Waals surface area contributed by atoms with Gasteiger partial charge in [-0.05, 0) is 53.6 Å². The van der Waals surface area contributed by atoms with Crippen molar-refractivity contribution < 1.29 is 24.0 Å². The van der Waals surface area contributed by atoms with Crippen LogP contribution in [-0.4, -0.2) is 28.9 Å². The number of ether oxygens (including phenoxy) is 1. The van der Waals surface area contributed by atoms with Crippen molar-refractivity contribution in [2.75, 3.05) is 5.32 Å². The second kappa shape index (κ2) is 11.5. The van der Waals surface area contributed by atoms with E-state index in [1.807, 2.05) is 6.07 Å². The minimum absolute atomic E-state index is 0.148. The van der Waals surface area contributed by atoms with E-state index in [2.05, 4.69) is 15.8 Å². The van der Waals surface area contributed by atoms with Gasteiger partial charge in [-0.1, -0.05) is 24.3 Å². The lowest BCUT2D eigenvalue weighted by atomic mass is 10.1. The first kappa shape index (κ1) is 24.3. The number of nitriles is 1. The molecular formula is C24H17N5O6. The van der Waals surface area contributed by atoms with Gasteiger partial charge in [-0.25, -0.2) is 10.2 Å². The lowest BCUT2D eigenvalue weighted by Crippen LogP contribution is -2.32. The zero-order valence-electron chi connectivity index (χ0n) is 18.0. The van der Waals surface area contributed by atoms with E-state index in [1.54, 1.807) is 24.3 Å². The molecule has 35 heavy (non-hydrogen) atoms. The molecule has 0 unspecified atom stereocenters. The number of esters is 1. The van der Waals surface area contributed by atoms with E-state index >= 15 is 0 Å². The van der Waals surface area contributed by atoms with Crippen LogP contribution >= 0.6 is 0 Å². The summed E-state index contributed by atoms with van der Waals surface area (Å²) in [5.41, 5.74) is 3.24. The molecule has 2 amide bonds. The van der Waals surface area contributed by atoms with Crippen molar-refractivity contribution in [3.8, 4) is 11.8 Å². The lowest BCUT2D eigenvalue weighted by molar-refractivity contribution is -0.385. The van der Waals surface area contributed by atoms with E-state index in [1.165, 1.54) is 54.7 Å². The largest absolute Gasteiger partial charge is 0.423 e. The first-order chi connectivity index (χ1) is 16.9. The zero-order chi connectivity index (χ0) is 25.2. The summed E-state index contributed by atoms with van der Waals surface area (Å²) >= 11 is 0. The van der Waals surface area contributed by atoms with Crippen molar-refractivity contribution in [2.24, 2.45) is 5.10 Å². The monoisotopic (exact) mass is 471 g/mol. The number of nitro benzene ring substituents is 1. The third-order valence-electron chi connectivity index (χ3n) is 4.49. The third kappa shape index (κ3) is 6.80. The standard InChI is InChI=1S/C24H17N5O6/c25-14-13-16-5-9-18(10-6-16)27-22(30)23(31)28-26-15-17-7-11-19(12-8-17)35-24(32)20-3-1-2-4-21(20)29(33)34/h1-12,15H,13H2,(H,27,30)(H,28,31)/b26-15+. The van der Waals surface area contributed by atoms with Gasteiger partial charge < -0.3 is 10.1 Å². The van der Waals surface area contributed by atoms with Crippen LogP contribution < -0.4 is 15.5 Å². The van der Waals surface area contributed by atoms with Crippen LogP contribution in [-0.2, 0) is 16.0 Å². The predicted molar refractivity (Wildman–Crippen MR) is 125 cm³/mol. The summed E-state index contributed by atoms with van der Waals surface area (Å²) in [6.45, 7) is 0. The van der Waals surface area contributed by atoms with E-state index < -0.39 is 22.7 Å². The van der Waals surface area contributed by atoms with Crippen LogP contribution in [0.2, 0.25) is 0 Å². The number of hydrazone groups is 1. The molecule has 0 aliphatic rings. The van der Waals surface area contributed by atoms with Crippen LogP contribution in [0.25, 0.3) is 0 Å². The number of hydrogen-bond donors (Lipinski definition) is 2. The molecule has 0 atom stereocenters. The van der Waals surface area contributed by atoms with Crippen molar-refractivity contribution in [3.63, 3.8) is 0 Å². The summed E-state index contributed by atoms with van der Waals surface area (Å²) in [5, 5.41) is 25.8. The van der Waals surface area contributed by atoms with Crippen LogP contribution in [0.15, 0.2) is 77.9 Å². The average Bonchev–Trinajstić information content (AvgIpc) is 2.86. The Bertz CT molecular complexity index is 1330. The molecule has 0 saturated heterocycles. The fourth-order valence-corrected chi connectivity index (χ4v) is 2.79. The van der Waals surface area contributed by atoms with Crippen LogP contribution in [0.4, 0.5) is 11.4 Å². The molecule has 11 heteroatoms. The molecule has 0 saturated carbocycles. The van der Waals surface area contributed by atoms with E-state index in [-0.39, 0.29) is 23.4 Å². The van der Waals surface area contributed by atoms with Gasteiger partial charge >= 0.3 is 17.8 Å². The first-order valence-corrected chi connectivity index (χ1v) is 10.0. The number of carbonyl (C=O) groups is 3. The Morgan fingerprint density at radius 1 is 1.00 bits per heavy atom.